The van der Waals surface area contributed by atoms with Crippen molar-refractivity contribution in [2.45, 2.75) is 32.7 Å². The first-order valence-electron chi connectivity index (χ1n) is 4.36. The van der Waals surface area contributed by atoms with Crippen LogP contribution in [0.15, 0.2) is 0 Å². The molecule has 0 spiro atoms. The first-order chi connectivity index (χ1) is 5.14. The lowest BCUT2D eigenvalue weighted by Gasteiger charge is -2.35. The summed E-state index contributed by atoms with van der Waals surface area (Å²) in [5, 5.41) is 3.45. The van der Waals surface area contributed by atoms with Gasteiger partial charge in [0.2, 0.25) is 0 Å². The zero-order chi connectivity index (χ0) is 8.32. The zero-order valence-corrected chi connectivity index (χ0v) is 7.81. The molecule has 1 saturated heterocycles. The number of ether oxygens (including phenoxy) is 1. The summed E-state index contributed by atoms with van der Waals surface area (Å²) in [5.74, 6) is 0. The molecule has 1 unspecified atom stereocenters. The third-order valence-corrected chi connectivity index (χ3v) is 2.40. The van der Waals surface area contributed by atoms with Crippen molar-refractivity contribution in [3.05, 3.63) is 0 Å². The highest BCUT2D eigenvalue weighted by Gasteiger charge is 2.27. The fraction of sp³-hybridized carbons (Fsp3) is 1.00. The molecular weight excluding hydrogens is 138 g/mol. The molecule has 0 aromatic rings. The van der Waals surface area contributed by atoms with Gasteiger partial charge in [-0.1, -0.05) is 13.8 Å². The van der Waals surface area contributed by atoms with Crippen LogP contribution in [0.1, 0.15) is 26.7 Å². The third-order valence-electron chi connectivity index (χ3n) is 2.40. The molecule has 66 valence electrons. The molecule has 11 heavy (non-hydrogen) atoms. The highest BCUT2D eigenvalue weighted by atomic mass is 16.5. The van der Waals surface area contributed by atoms with E-state index in [2.05, 4.69) is 19.2 Å². The lowest BCUT2D eigenvalue weighted by molar-refractivity contribution is 0.115. The van der Waals surface area contributed by atoms with Gasteiger partial charge in [0.25, 0.3) is 0 Å². The van der Waals surface area contributed by atoms with Crippen LogP contribution in [0.4, 0.5) is 0 Å². The predicted molar refractivity (Wildman–Crippen MR) is 46.7 cm³/mol. The lowest BCUT2D eigenvalue weighted by Crippen LogP contribution is -2.43. The Morgan fingerprint density at radius 1 is 1.55 bits per heavy atom. The standard InChI is InChI=1S/C9H19NO/c1-9(2)4-5-10-8(6-9)7-11-3/h8,10H,4-7H2,1-3H3. The van der Waals surface area contributed by atoms with Crippen LogP contribution in [0.5, 0.6) is 0 Å². The summed E-state index contributed by atoms with van der Waals surface area (Å²) in [4.78, 5) is 0. The first kappa shape index (κ1) is 9.01. The van der Waals surface area contributed by atoms with Gasteiger partial charge in [-0.05, 0) is 24.8 Å². The largest absolute Gasteiger partial charge is 0.383 e. The Morgan fingerprint density at radius 3 is 2.82 bits per heavy atom. The molecule has 0 radical (unpaired) electrons. The minimum atomic E-state index is 0.508. The molecule has 1 rings (SSSR count). The molecule has 2 heteroatoms. The molecule has 1 fully saturated rings. The van der Waals surface area contributed by atoms with Crippen molar-refractivity contribution in [3.63, 3.8) is 0 Å². The van der Waals surface area contributed by atoms with E-state index in [1.807, 2.05) is 0 Å². The molecule has 2 nitrogen and oxygen atoms in total. The maximum absolute atomic E-state index is 5.11. The van der Waals surface area contributed by atoms with E-state index in [0.29, 0.717) is 11.5 Å². The molecule has 0 amide bonds. The van der Waals surface area contributed by atoms with Crippen molar-refractivity contribution in [1.29, 1.82) is 0 Å². The molecule has 1 aliphatic rings. The Balaban J connectivity index is 2.34. The topological polar surface area (TPSA) is 21.3 Å². The van der Waals surface area contributed by atoms with Gasteiger partial charge in [-0.2, -0.15) is 0 Å². The van der Waals surface area contributed by atoms with Gasteiger partial charge in [-0.15, -0.1) is 0 Å². The molecule has 0 aromatic carbocycles. The Morgan fingerprint density at radius 2 is 2.27 bits per heavy atom. The zero-order valence-electron chi connectivity index (χ0n) is 7.81. The molecule has 0 aromatic heterocycles. The number of piperidine rings is 1. The Kier molecular flexibility index (Phi) is 2.90. The summed E-state index contributed by atoms with van der Waals surface area (Å²) >= 11 is 0. The molecule has 1 atom stereocenters. The van der Waals surface area contributed by atoms with Gasteiger partial charge in [0, 0.05) is 13.2 Å². The van der Waals surface area contributed by atoms with Crippen molar-refractivity contribution < 1.29 is 4.74 Å². The van der Waals surface area contributed by atoms with Gasteiger partial charge >= 0.3 is 0 Å². The summed E-state index contributed by atoms with van der Waals surface area (Å²) in [7, 11) is 1.77. The summed E-state index contributed by atoms with van der Waals surface area (Å²) in [5.41, 5.74) is 0.508. The third kappa shape index (κ3) is 2.80. The first-order valence-corrected chi connectivity index (χ1v) is 4.36. The van der Waals surface area contributed by atoms with E-state index in [-0.39, 0.29) is 0 Å². The van der Waals surface area contributed by atoms with Gasteiger partial charge in [-0.25, -0.2) is 0 Å². The second-order valence-corrected chi connectivity index (χ2v) is 4.22. The monoisotopic (exact) mass is 157 g/mol. The highest BCUT2D eigenvalue weighted by Crippen LogP contribution is 2.29. The number of nitrogens with one attached hydrogen (secondary N) is 1. The number of rotatable bonds is 2. The van der Waals surface area contributed by atoms with Crippen LogP contribution < -0.4 is 5.32 Å². The van der Waals surface area contributed by atoms with Crippen LogP contribution in [0.25, 0.3) is 0 Å². The fourth-order valence-electron chi connectivity index (χ4n) is 1.77. The van der Waals surface area contributed by atoms with E-state index in [9.17, 15) is 0 Å². The predicted octanol–water partition coefficient (Wildman–Crippen LogP) is 1.41. The van der Waals surface area contributed by atoms with E-state index in [1.54, 1.807) is 7.11 Å². The molecular formula is C9H19NO. The van der Waals surface area contributed by atoms with E-state index in [1.165, 1.54) is 12.8 Å². The molecule has 0 aliphatic carbocycles. The number of methoxy groups -OCH3 is 1. The van der Waals surface area contributed by atoms with Gasteiger partial charge < -0.3 is 10.1 Å². The van der Waals surface area contributed by atoms with Gasteiger partial charge in [-0.3, -0.25) is 0 Å². The summed E-state index contributed by atoms with van der Waals surface area (Å²) in [6.07, 6.45) is 2.52. The highest BCUT2D eigenvalue weighted by molar-refractivity contribution is 4.83. The van der Waals surface area contributed by atoms with Crippen LogP contribution in [-0.4, -0.2) is 26.3 Å². The van der Waals surface area contributed by atoms with E-state index < -0.39 is 0 Å². The number of hydrogen-bond donors (Lipinski definition) is 1. The van der Waals surface area contributed by atoms with Crippen molar-refractivity contribution >= 4 is 0 Å². The molecule has 1 aliphatic heterocycles. The Bertz CT molecular complexity index is 121. The molecule has 1 N–H and O–H groups in total. The van der Waals surface area contributed by atoms with Crippen molar-refractivity contribution in [2.24, 2.45) is 5.41 Å². The summed E-state index contributed by atoms with van der Waals surface area (Å²) < 4.78 is 5.11. The quantitative estimate of drug-likeness (QED) is 0.654. The van der Waals surface area contributed by atoms with Gasteiger partial charge in [0.05, 0.1) is 6.61 Å². The van der Waals surface area contributed by atoms with Crippen LogP contribution in [-0.2, 0) is 4.74 Å². The van der Waals surface area contributed by atoms with E-state index in [0.717, 1.165) is 13.2 Å². The maximum atomic E-state index is 5.11. The van der Waals surface area contributed by atoms with Crippen LogP contribution >= 0.6 is 0 Å². The fourth-order valence-corrected chi connectivity index (χ4v) is 1.77. The smallest absolute Gasteiger partial charge is 0.0616 e. The Hall–Kier alpha value is -0.0800. The average molecular weight is 157 g/mol. The average Bonchev–Trinajstić information content (AvgIpc) is 1.85. The second kappa shape index (κ2) is 3.55. The Labute approximate surface area is 69.3 Å². The maximum Gasteiger partial charge on any atom is 0.0616 e. The van der Waals surface area contributed by atoms with Gasteiger partial charge in [0.15, 0.2) is 0 Å². The summed E-state index contributed by atoms with van der Waals surface area (Å²) in [6, 6.07) is 0.573. The normalized spacial score (nSPS) is 30.3. The van der Waals surface area contributed by atoms with Crippen LogP contribution in [0, 0.1) is 5.41 Å². The van der Waals surface area contributed by atoms with Crippen molar-refractivity contribution in [3.8, 4) is 0 Å². The second-order valence-electron chi connectivity index (χ2n) is 4.22. The molecule has 0 bridgehead atoms. The lowest BCUT2D eigenvalue weighted by atomic mass is 9.80. The number of hydrogen-bond acceptors (Lipinski definition) is 2. The van der Waals surface area contributed by atoms with Crippen LogP contribution in [0.2, 0.25) is 0 Å². The minimum absolute atomic E-state index is 0.508. The van der Waals surface area contributed by atoms with E-state index >= 15 is 0 Å². The van der Waals surface area contributed by atoms with Crippen LogP contribution in [0.3, 0.4) is 0 Å². The SMILES string of the molecule is COCC1CC(C)(C)CCN1. The van der Waals surface area contributed by atoms with Crippen molar-refractivity contribution in [1.82, 2.24) is 5.32 Å². The van der Waals surface area contributed by atoms with Crippen molar-refractivity contribution in [2.75, 3.05) is 20.3 Å². The molecule has 0 saturated carbocycles. The minimum Gasteiger partial charge on any atom is -0.383 e. The van der Waals surface area contributed by atoms with Gasteiger partial charge in [0.1, 0.15) is 0 Å². The molecule has 1 heterocycles. The summed E-state index contributed by atoms with van der Waals surface area (Å²) in [6.45, 7) is 6.65. The van der Waals surface area contributed by atoms with E-state index in [4.69, 9.17) is 4.74 Å².